The number of rotatable bonds is 2. The standard InChI is InChI=1S/C13H8ClF2N5/c14-7-3-1-5-9(17)11(7)13-18-19-20-21(13)10-6-2-4-8(15)12(10)16/h1-6H,17H2. The average Bonchev–Trinajstić information content (AvgIpc) is 2.91. The topological polar surface area (TPSA) is 69.6 Å². The van der Waals surface area contributed by atoms with Gasteiger partial charge in [-0.25, -0.2) is 8.78 Å². The van der Waals surface area contributed by atoms with Gasteiger partial charge in [0.15, 0.2) is 17.5 Å². The molecule has 0 saturated heterocycles. The zero-order valence-electron chi connectivity index (χ0n) is 10.5. The highest BCUT2D eigenvalue weighted by Crippen LogP contribution is 2.32. The number of nitrogens with zero attached hydrogens (tertiary/aromatic N) is 4. The molecule has 3 aromatic rings. The summed E-state index contributed by atoms with van der Waals surface area (Å²) in [6, 6.07) is 8.60. The molecule has 0 amide bonds. The quantitative estimate of drug-likeness (QED) is 0.739. The smallest absolute Gasteiger partial charge is 0.190 e. The van der Waals surface area contributed by atoms with Crippen LogP contribution >= 0.6 is 11.6 Å². The molecule has 21 heavy (non-hydrogen) atoms. The van der Waals surface area contributed by atoms with Gasteiger partial charge in [0.05, 0.1) is 10.6 Å². The Bertz CT molecular complexity index is 798. The minimum Gasteiger partial charge on any atom is -0.398 e. The van der Waals surface area contributed by atoms with Gasteiger partial charge in [-0.1, -0.05) is 23.7 Å². The second-order valence-electron chi connectivity index (χ2n) is 4.19. The third-order valence-electron chi connectivity index (χ3n) is 2.90. The van der Waals surface area contributed by atoms with Gasteiger partial charge in [0, 0.05) is 5.69 Å². The van der Waals surface area contributed by atoms with Crippen LogP contribution in [0.5, 0.6) is 0 Å². The van der Waals surface area contributed by atoms with Crippen molar-refractivity contribution in [1.29, 1.82) is 0 Å². The highest BCUT2D eigenvalue weighted by molar-refractivity contribution is 6.33. The van der Waals surface area contributed by atoms with Gasteiger partial charge in [-0.05, 0) is 34.7 Å². The number of halogens is 3. The number of tetrazole rings is 1. The van der Waals surface area contributed by atoms with Crippen LogP contribution in [0, 0.1) is 11.6 Å². The summed E-state index contributed by atoms with van der Waals surface area (Å²) in [6.07, 6.45) is 0. The number of nitrogens with two attached hydrogens (primary N) is 1. The number of hydrogen-bond acceptors (Lipinski definition) is 4. The van der Waals surface area contributed by atoms with E-state index >= 15 is 0 Å². The Labute approximate surface area is 123 Å². The number of hydrogen-bond donors (Lipinski definition) is 1. The van der Waals surface area contributed by atoms with Crippen LogP contribution in [0.25, 0.3) is 17.1 Å². The molecule has 0 aliphatic heterocycles. The number of anilines is 1. The average molecular weight is 308 g/mol. The van der Waals surface area contributed by atoms with Gasteiger partial charge in [-0.3, -0.25) is 0 Å². The molecule has 8 heteroatoms. The predicted molar refractivity (Wildman–Crippen MR) is 73.9 cm³/mol. The number of benzene rings is 2. The van der Waals surface area contributed by atoms with E-state index in [1.807, 2.05) is 0 Å². The molecule has 2 N–H and O–H groups in total. The van der Waals surface area contributed by atoms with Crippen molar-refractivity contribution in [3.63, 3.8) is 0 Å². The SMILES string of the molecule is Nc1cccc(Cl)c1-c1nnnn1-c1cccc(F)c1F. The van der Waals surface area contributed by atoms with Crippen LogP contribution in [0.2, 0.25) is 5.02 Å². The van der Waals surface area contributed by atoms with E-state index in [2.05, 4.69) is 15.5 Å². The molecule has 2 aromatic carbocycles. The number of nitrogen functional groups attached to an aromatic ring is 1. The molecule has 5 nitrogen and oxygen atoms in total. The lowest BCUT2D eigenvalue weighted by atomic mass is 10.1. The molecule has 0 aliphatic carbocycles. The first-order valence-electron chi connectivity index (χ1n) is 5.86. The molecule has 0 atom stereocenters. The summed E-state index contributed by atoms with van der Waals surface area (Å²) in [5, 5.41) is 11.3. The van der Waals surface area contributed by atoms with Crippen molar-refractivity contribution >= 4 is 17.3 Å². The first-order chi connectivity index (χ1) is 10.1. The first kappa shape index (κ1) is 13.4. The summed E-state index contributed by atoms with van der Waals surface area (Å²) in [4.78, 5) is 0. The molecular weight excluding hydrogens is 300 g/mol. The highest BCUT2D eigenvalue weighted by atomic mass is 35.5. The molecule has 1 heterocycles. The van der Waals surface area contributed by atoms with Gasteiger partial charge in [-0.2, -0.15) is 4.68 Å². The van der Waals surface area contributed by atoms with Crippen molar-refractivity contribution in [3.05, 3.63) is 53.1 Å². The molecule has 0 radical (unpaired) electrons. The van der Waals surface area contributed by atoms with Crippen molar-refractivity contribution in [2.45, 2.75) is 0 Å². The van der Waals surface area contributed by atoms with Gasteiger partial charge < -0.3 is 5.73 Å². The van der Waals surface area contributed by atoms with E-state index in [1.54, 1.807) is 18.2 Å². The zero-order valence-corrected chi connectivity index (χ0v) is 11.2. The van der Waals surface area contributed by atoms with E-state index in [-0.39, 0.29) is 11.5 Å². The van der Waals surface area contributed by atoms with Crippen LogP contribution < -0.4 is 5.73 Å². The van der Waals surface area contributed by atoms with E-state index in [1.165, 1.54) is 12.1 Å². The summed E-state index contributed by atoms with van der Waals surface area (Å²) in [5.74, 6) is -1.93. The van der Waals surface area contributed by atoms with Crippen LogP contribution in [0.15, 0.2) is 36.4 Å². The Morgan fingerprint density at radius 2 is 1.86 bits per heavy atom. The molecule has 1 aromatic heterocycles. The van der Waals surface area contributed by atoms with Crippen LogP contribution in [0.4, 0.5) is 14.5 Å². The second kappa shape index (κ2) is 5.10. The minimum absolute atomic E-state index is 0.127. The monoisotopic (exact) mass is 307 g/mol. The molecule has 106 valence electrons. The lowest BCUT2D eigenvalue weighted by Crippen LogP contribution is -2.05. The second-order valence-corrected chi connectivity index (χ2v) is 4.60. The maximum atomic E-state index is 13.9. The lowest BCUT2D eigenvalue weighted by Gasteiger charge is -2.09. The molecule has 0 unspecified atom stereocenters. The van der Waals surface area contributed by atoms with E-state index in [0.29, 0.717) is 16.3 Å². The molecule has 0 fully saturated rings. The molecular formula is C13H8ClF2N5. The van der Waals surface area contributed by atoms with E-state index in [9.17, 15) is 8.78 Å². The van der Waals surface area contributed by atoms with Gasteiger partial charge in [0.1, 0.15) is 5.69 Å². The summed E-state index contributed by atoms with van der Waals surface area (Å²) in [7, 11) is 0. The minimum atomic E-state index is -1.06. The fraction of sp³-hybridized carbons (Fsp3) is 0. The van der Waals surface area contributed by atoms with E-state index in [4.69, 9.17) is 17.3 Å². The van der Waals surface area contributed by atoms with Crippen LogP contribution in [0.3, 0.4) is 0 Å². The maximum Gasteiger partial charge on any atom is 0.190 e. The Hall–Kier alpha value is -2.54. The molecule has 0 bridgehead atoms. The Balaban J connectivity index is 2.25. The molecule has 0 spiro atoms. The fourth-order valence-corrected chi connectivity index (χ4v) is 2.20. The van der Waals surface area contributed by atoms with Crippen molar-refractivity contribution in [1.82, 2.24) is 20.2 Å². The molecule has 0 aliphatic rings. The normalized spacial score (nSPS) is 10.8. The van der Waals surface area contributed by atoms with Crippen LogP contribution in [0.1, 0.15) is 0 Å². The Kier molecular flexibility index (Phi) is 3.26. The maximum absolute atomic E-state index is 13.9. The van der Waals surface area contributed by atoms with Crippen molar-refractivity contribution in [2.24, 2.45) is 0 Å². The summed E-state index contributed by atoms with van der Waals surface area (Å²) < 4.78 is 28.3. The van der Waals surface area contributed by atoms with Gasteiger partial charge in [0.25, 0.3) is 0 Å². The number of aromatic nitrogens is 4. The van der Waals surface area contributed by atoms with Gasteiger partial charge in [0.2, 0.25) is 0 Å². The summed E-state index contributed by atoms with van der Waals surface area (Å²) in [5.41, 5.74) is 6.42. The van der Waals surface area contributed by atoms with Crippen molar-refractivity contribution < 1.29 is 8.78 Å². The van der Waals surface area contributed by atoms with Gasteiger partial charge in [-0.15, -0.1) is 5.10 Å². The van der Waals surface area contributed by atoms with Gasteiger partial charge >= 0.3 is 0 Å². The molecule has 3 rings (SSSR count). The van der Waals surface area contributed by atoms with Crippen LogP contribution in [-0.4, -0.2) is 20.2 Å². The third kappa shape index (κ3) is 2.21. The first-order valence-corrected chi connectivity index (χ1v) is 6.24. The lowest BCUT2D eigenvalue weighted by molar-refractivity contribution is 0.501. The fourth-order valence-electron chi connectivity index (χ4n) is 1.94. The van der Waals surface area contributed by atoms with Crippen molar-refractivity contribution in [2.75, 3.05) is 5.73 Å². The summed E-state index contributed by atoms with van der Waals surface area (Å²) in [6.45, 7) is 0. The molecule has 0 saturated carbocycles. The van der Waals surface area contributed by atoms with Crippen LogP contribution in [-0.2, 0) is 0 Å². The van der Waals surface area contributed by atoms with E-state index < -0.39 is 11.6 Å². The van der Waals surface area contributed by atoms with E-state index in [0.717, 1.165) is 10.7 Å². The Morgan fingerprint density at radius 3 is 2.62 bits per heavy atom. The third-order valence-corrected chi connectivity index (χ3v) is 3.21. The largest absolute Gasteiger partial charge is 0.398 e. The van der Waals surface area contributed by atoms with Crippen molar-refractivity contribution in [3.8, 4) is 17.1 Å². The predicted octanol–water partition coefficient (Wildman–Crippen LogP) is 2.84. The summed E-state index contributed by atoms with van der Waals surface area (Å²) >= 11 is 6.09. The highest BCUT2D eigenvalue weighted by Gasteiger charge is 2.19. The zero-order chi connectivity index (χ0) is 15.0. The Morgan fingerprint density at radius 1 is 1.10 bits per heavy atom.